The number of aliphatic hydroxyl groups is 3. The molecule has 8 atom stereocenters. The molecule has 1 aromatic carbocycles. The number of benzene rings is 1. The summed E-state index contributed by atoms with van der Waals surface area (Å²) in [6, 6.07) is -0.279. The standard InChI is InChI=1S/C48H85N13O10/c1-6-7-8-9-10-11-12-13-17-24-38(65)60-40(32(5)64)46(71)61-39(30(2)3)45(70)57-35(27-33-21-15-14-16-22-33)42(67)56-34(23-19-26-54-48(51)52)41(66)58-37(29-63)44(69)59-36(28-62)43(68)55-31(4)20-18-25-53-47(49)50/h14-16,21-22,30-32,34-37,39-40,62-64H,6-13,17-20,23-29H2,1-5H3,(H,55,68)(H,56,67)(H,57,70)(H,58,66)(H,59,69)(H,60,65)(H,61,71)(H4,49,50,53)(H4,51,52,54)/t31-,32-,34+,35+,36+,37+,39+,40+/m1/s1. The molecule has 7 amide bonds. The molecule has 23 nitrogen and oxygen atoms in total. The normalized spacial score (nSPS) is 14.4. The predicted molar refractivity (Wildman–Crippen MR) is 270 cm³/mol. The molecule has 71 heavy (non-hydrogen) atoms. The van der Waals surface area contributed by atoms with Crippen molar-refractivity contribution >= 4 is 53.3 Å². The Morgan fingerprint density at radius 2 is 0.986 bits per heavy atom. The molecule has 18 N–H and O–H groups in total. The van der Waals surface area contributed by atoms with Crippen molar-refractivity contribution in [1.82, 2.24) is 47.9 Å². The highest BCUT2D eigenvalue weighted by molar-refractivity contribution is 5.97. The molecule has 0 aromatic heterocycles. The minimum atomic E-state index is -1.66. The van der Waals surface area contributed by atoms with Crippen molar-refractivity contribution in [2.75, 3.05) is 26.3 Å². The zero-order valence-corrected chi connectivity index (χ0v) is 42.4. The number of rotatable bonds is 37. The van der Waals surface area contributed by atoms with E-state index < -0.39 is 109 Å². The molecule has 0 aliphatic rings. The first-order valence-corrected chi connectivity index (χ1v) is 24.9. The van der Waals surface area contributed by atoms with E-state index in [2.05, 4.69) is 54.8 Å². The fourth-order valence-corrected chi connectivity index (χ4v) is 7.40. The number of carbonyl (C=O) groups is 7. The predicted octanol–water partition coefficient (Wildman–Crippen LogP) is -0.889. The molecule has 0 spiro atoms. The Labute approximate surface area is 418 Å². The van der Waals surface area contributed by atoms with Gasteiger partial charge in [0.1, 0.15) is 36.3 Å². The largest absolute Gasteiger partial charge is 0.394 e. The number of nitrogens with one attached hydrogen (secondary N) is 11. The summed E-state index contributed by atoms with van der Waals surface area (Å²) < 4.78 is 0. The topological polar surface area (TPSA) is 388 Å². The molecule has 0 aliphatic carbocycles. The van der Waals surface area contributed by atoms with Crippen molar-refractivity contribution in [2.45, 2.75) is 179 Å². The third kappa shape index (κ3) is 27.2. The summed E-state index contributed by atoms with van der Waals surface area (Å²) in [5.41, 5.74) is 11.3. The van der Waals surface area contributed by atoms with E-state index in [0.717, 1.165) is 25.7 Å². The average Bonchev–Trinajstić information content (AvgIpc) is 3.31. The number of carbonyl (C=O) groups excluding carboxylic acids is 7. The van der Waals surface area contributed by atoms with Gasteiger partial charge in [-0.3, -0.25) is 44.4 Å². The van der Waals surface area contributed by atoms with Gasteiger partial charge in [0.15, 0.2) is 11.9 Å². The minimum Gasteiger partial charge on any atom is -0.394 e. The van der Waals surface area contributed by atoms with E-state index >= 15 is 0 Å². The smallest absolute Gasteiger partial charge is 0.245 e. The van der Waals surface area contributed by atoms with Crippen molar-refractivity contribution in [1.29, 1.82) is 10.8 Å². The monoisotopic (exact) mass is 1000 g/mol. The molecule has 0 fully saturated rings. The summed E-state index contributed by atoms with van der Waals surface area (Å²) in [5, 5.41) is 68.6. The summed E-state index contributed by atoms with van der Waals surface area (Å²) in [4.78, 5) is 95.0. The van der Waals surface area contributed by atoms with Crippen LogP contribution in [0.25, 0.3) is 0 Å². The van der Waals surface area contributed by atoms with Gasteiger partial charge in [-0.05, 0) is 57.4 Å². The van der Waals surface area contributed by atoms with Crippen LogP contribution in [0.4, 0.5) is 0 Å². The number of unbranched alkanes of at least 4 members (excludes halogenated alkanes) is 8. The second-order valence-electron chi connectivity index (χ2n) is 18.3. The second-order valence-corrected chi connectivity index (χ2v) is 18.3. The molecule has 0 aliphatic heterocycles. The summed E-state index contributed by atoms with van der Waals surface area (Å²) in [5.74, 6) is -6.64. The minimum absolute atomic E-state index is 0.0805. The molecular formula is C48H85N13O10. The van der Waals surface area contributed by atoms with Crippen LogP contribution in [0.15, 0.2) is 30.3 Å². The fourth-order valence-electron chi connectivity index (χ4n) is 7.40. The lowest BCUT2D eigenvalue weighted by Gasteiger charge is -2.29. The molecule has 402 valence electrons. The number of amides is 7. The van der Waals surface area contributed by atoms with Gasteiger partial charge in [-0.1, -0.05) is 102 Å². The van der Waals surface area contributed by atoms with Gasteiger partial charge in [0.25, 0.3) is 0 Å². The van der Waals surface area contributed by atoms with Crippen LogP contribution in [-0.4, -0.2) is 143 Å². The van der Waals surface area contributed by atoms with E-state index in [1.165, 1.54) is 32.6 Å². The highest BCUT2D eigenvalue weighted by Gasteiger charge is 2.35. The molecule has 0 saturated heterocycles. The van der Waals surface area contributed by atoms with Crippen LogP contribution in [0.1, 0.15) is 130 Å². The van der Waals surface area contributed by atoms with E-state index in [1.807, 2.05) is 0 Å². The second kappa shape index (κ2) is 35.9. The third-order valence-corrected chi connectivity index (χ3v) is 11.5. The fraction of sp³-hybridized carbons (Fsp3) is 0.688. The van der Waals surface area contributed by atoms with E-state index in [4.69, 9.17) is 22.3 Å². The van der Waals surface area contributed by atoms with Gasteiger partial charge >= 0.3 is 0 Å². The highest BCUT2D eigenvalue weighted by atomic mass is 16.3. The first-order chi connectivity index (χ1) is 33.7. The number of aliphatic hydroxyl groups excluding tert-OH is 3. The van der Waals surface area contributed by atoms with Crippen LogP contribution in [0.5, 0.6) is 0 Å². The molecule has 0 radical (unpaired) electrons. The SMILES string of the molecule is CCCCCCCCCCCC(=O)N[C@H](C(=O)N[C@H](C(=O)N[C@@H](Cc1ccccc1)C(=O)N[C@@H](CCCNC(=N)N)C(=O)N[C@@H](CO)C(=O)N[C@@H](CO)C(=O)N[C@H](C)CCCNC(=N)N)C(C)C)[C@@H](C)O. The van der Waals surface area contributed by atoms with Gasteiger partial charge in [-0.25, -0.2) is 0 Å². The molecule has 0 heterocycles. The molecule has 0 unspecified atom stereocenters. The van der Waals surface area contributed by atoms with E-state index in [-0.39, 0.29) is 44.1 Å². The first-order valence-electron chi connectivity index (χ1n) is 24.9. The lowest BCUT2D eigenvalue weighted by molar-refractivity contribution is -0.137. The van der Waals surface area contributed by atoms with Gasteiger partial charge < -0.3 is 74.6 Å². The van der Waals surface area contributed by atoms with Crippen LogP contribution in [-0.2, 0) is 40.0 Å². The third-order valence-electron chi connectivity index (χ3n) is 11.5. The quantitative estimate of drug-likeness (QED) is 0.0219. The maximum absolute atomic E-state index is 14.3. The average molecular weight is 1000 g/mol. The first kappa shape index (κ1) is 62.9. The summed E-state index contributed by atoms with van der Waals surface area (Å²) in [6.45, 7) is 7.26. The van der Waals surface area contributed by atoms with Crippen molar-refractivity contribution in [3.63, 3.8) is 0 Å². The molecular weight excluding hydrogens is 919 g/mol. The lowest BCUT2D eigenvalue weighted by Crippen LogP contribution is -2.62. The molecule has 0 saturated carbocycles. The van der Waals surface area contributed by atoms with Crippen molar-refractivity contribution in [3.8, 4) is 0 Å². The van der Waals surface area contributed by atoms with Crippen LogP contribution < -0.4 is 59.3 Å². The Kier molecular flexibility index (Phi) is 31.9. The van der Waals surface area contributed by atoms with Crippen molar-refractivity contribution in [3.05, 3.63) is 35.9 Å². The number of nitrogens with two attached hydrogens (primary N) is 2. The highest BCUT2D eigenvalue weighted by Crippen LogP contribution is 2.12. The van der Waals surface area contributed by atoms with E-state index in [0.29, 0.717) is 31.4 Å². The zero-order valence-electron chi connectivity index (χ0n) is 42.4. The Hall–Kier alpha value is -6.07. The molecule has 0 bridgehead atoms. The summed E-state index contributed by atoms with van der Waals surface area (Å²) in [6.07, 6.45) is 9.33. The number of hydrogen-bond acceptors (Lipinski definition) is 12. The van der Waals surface area contributed by atoms with E-state index in [9.17, 15) is 48.9 Å². The van der Waals surface area contributed by atoms with Gasteiger partial charge in [0, 0.05) is 32.0 Å². The Morgan fingerprint density at radius 1 is 0.535 bits per heavy atom. The van der Waals surface area contributed by atoms with Gasteiger partial charge in [-0.15, -0.1) is 0 Å². The van der Waals surface area contributed by atoms with Crippen LogP contribution >= 0.6 is 0 Å². The van der Waals surface area contributed by atoms with E-state index in [1.54, 1.807) is 51.1 Å². The maximum atomic E-state index is 14.3. The Balaban J connectivity index is 3.23. The summed E-state index contributed by atoms with van der Waals surface area (Å²) in [7, 11) is 0. The van der Waals surface area contributed by atoms with Gasteiger partial charge in [0.2, 0.25) is 41.4 Å². The molecule has 1 aromatic rings. The Bertz CT molecular complexity index is 1810. The number of hydrogen-bond donors (Lipinski definition) is 16. The lowest BCUT2D eigenvalue weighted by atomic mass is 9.99. The maximum Gasteiger partial charge on any atom is 0.245 e. The van der Waals surface area contributed by atoms with Crippen molar-refractivity contribution < 1.29 is 48.9 Å². The Morgan fingerprint density at radius 3 is 1.49 bits per heavy atom. The van der Waals surface area contributed by atoms with Crippen molar-refractivity contribution in [2.24, 2.45) is 17.4 Å². The molecule has 23 heteroatoms. The van der Waals surface area contributed by atoms with Crippen LogP contribution in [0.3, 0.4) is 0 Å². The van der Waals surface area contributed by atoms with Gasteiger partial charge in [0.05, 0.1) is 19.3 Å². The summed E-state index contributed by atoms with van der Waals surface area (Å²) >= 11 is 0. The van der Waals surface area contributed by atoms with Gasteiger partial charge in [-0.2, -0.15) is 0 Å². The molecule has 1 rings (SSSR count). The van der Waals surface area contributed by atoms with Crippen LogP contribution in [0, 0.1) is 16.7 Å². The zero-order chi connectivity index (χ0) is 53.3. The number of guanidine groups is 2. The van der Waals surface area contributed by atoms with Crippen LogP contribution in [0.2, 0.25) is 0 Å².